The SMILES string of the molecule is CNC(c1cccc(Br)c1)c1cccc2c1OCC2. The van der Waals surface area contributed by atoms with Crippen molar-refractivity contribution in [2.75, 3.05) is 13.7 Å². The molecule has 0 amide bonds. The summed E-state index contributed by atoms with van der Waals surface area (Å²) in [6, 6.07) is 15.0. The van der Waals surface area contributed by atoms with Crippen LogP contribution in [0.4, 0.5) is 0 Å². The van der Waals surface area contributed by atoms with E-state index < -0.39 is 0 Å². The maximum atomic E-state index is 5.81. The molecule has 0 bridgehead atoms. The topological polar surface area (TPSA) is 21.3 Å². The fraction of sp³-hybridized carbons (Fsp3) is 0.250. The summed E-state index contributed by atoms with van der Waals surface area (Å²) in [5.74, 6) is 1.06. The summed E-state index contributed by atoms with van der Waals surface area (Å²) >= 11 is 3.54. The molecule has 98 valence electrons. The van der Waals surface area contributed by atoms with Crippen molar-refractivity contribution in [3.05, 3.63) is 63.6 Å². The average molecular weight is 318 g/mol. The monoisotopic (exact) mass is 317 g/mol. The van der Waals surface area contributed by atoms with E-state index in [2.05, 4.69) is 57.6 Å². The van der Waals surface area contributed by atoms with Gasteiger partial charge in [0.15, 0.2) is 0 Å². The molecule has 1 unspecified atom stereocenters. The van der Waals surface area contributed by atoms with E-state index in [4.69, 9.17) is 4.74 Å². The molecule has 1 heterocycles. The van der Waals surface area contributed by atoms with Gasteiger partial charge < -0.3 is 10.1 Å². The van der Waals surface area contributed by atoms with E-state index >= 15 is 0 Å². The molecule has 1 aliphatic heterocycles. The van der Waals surface area contributed by atoms with Crippen LogP contribution in [0.15, 0.2) is 46.9 Å². The summed E-state index contributed by atoms with van der Waals surface area (Å²) in [4.78, 5) is 0. The minimum absolute atomic E-state index is 0.158. The van der Waals surface area contributed by atoms with Crippen molar-refractivity contribution >= 4 is 15.9 Å². The number of benzene rings is 2. The summed E-state index contributed by atoms with van der Waals surface area (Å²) in [6.07, 6.45) is 1.01. The lowest BCUT2D eigenvalue weighted by Crippen LogP contribution is -2.18. The molecule has 0 aliphatic carbocycles. The van der Waals surface area contributed by atoms with Gasteiger partial charge in [-0.3, -0.25) is 0 Å². The Morgan fingerprint density at radius 1 is 1.21 bits per heavy atom. The fourth-order valence-electron chi connectivity index (χ4n) is 2.66. The normalized spacial score (nSPS) is 14.8. The van der Waals surface area contributed by atoms with Gasteiger partial charge in [-0.05, 0) is 30.3 Å². The van der Waals surface area contributed by atoms with Crippen LogP contribution in [-0.2, 0) is 6.42 Å². The Hall–Kier alpha value is -1.32. The summed E-state index contributed by atoms with van der Waals surface area (Å²) < 4.78 is 6.91. The molecule has 3 heteroatoms. The predicted octanol–water partition coefficient (Wildman–Crippen LogP) is 3.69. The van der Waals surface area contributed by atoms with E-state index in [-0.39, 0.29) is 6.04 Å². The Morgan fingerprint density at radius 2 is 2.05 bits per heavy atom. The van der Waals surface area contributed by atoms with E-state index in [9.17, 15) is 0 Å². The minimum Gasteiger partial charge on any atom is -0.493 e. The van der Waals surface area contributed by atoms with Crippen LogP contribution in [0.25, 0.3) is 0 Å². The van der Waals surface area contributed by atoms with Gasteiger partial charge in [0.25, 0.3) is 0 Å². The van der Waals surface area contributed by atoms with Crippen LogP contribution >= 0.6 is 15.9 Å². The highest BCUT2D eigenvalue weighted by atomic mass is 79.9. The van der Waals surface area contributed by atoms with Crippen molar-refractivity contribution in [2.45, 2.75) is 12.5 Å². The molecule has 0 fully saturated rings. The van der Waals surface area contributed by atoms with E-state index in [1.54, 1.807) is 0 Å². The number of ether oxygens (including phenoxy) is 1. The second-order valence-corrected chi connectivity index (χ2v) is 5.63. The first-order valence-corrected chi connectivity index (χ1v) is 7.26. The maximum Gasteiger partial charge on any atom is 0.127 e. The maximum absolute atomic E-state index is 5.81. The molecule has 0 radical (unpaired) electrons. The minimum atomic E-state index is 0.158. The Morgan fingerprint density at radius 3 is 2.84 bits per heavy atom. The predicted molar refractivity (Wildman–Crippen MR) is 80.7 cm³/mol. The van der Waals surface area contributed by atoms with Gasteiger partial charge in [0, 0.05) is 16.5 Å². The van der Waals surface area contributed by atoms with Crippen molar-refractivity contribution in [3.8, 4) is 5.75 Å². The molecular formula is C16H16BrNO. The second kappa shape index (κ2) is 5.35. The van der Waals surface area contributed by atoms with Gasteiger partial charge in [-0.1, -0.05) is 46.3 Å². The molecule has 1 atom stereocenters. The smallest absolute Gasteiger partial charge is 0.127 e. The van der Waals surface area contributed by atoms with E-state index in [1.807, 2.05) is 13.1 Å². The molecule has 0 spiro atoms. The Labute approximate surface area is 121 Å². The summed E-state index contributed by atoms with van der Waals surface area (Å²) in [6.45, 7) is 0.793. The molecule has 19 heavy (non-hydrogen) atoms. The van der Waals surface area contributed by atoms with Crippen LogP contribution in [0.1, 0.15) is 22.7 Å². The first kappa shape index (κ1) is 12.7. The number of para-hydroxylation sites is 1. The van der Waals surface area contributed by atoms with Crippen molar-refractivity contribution in [1.82, 2.24) is 5.32 Å². The van der Waals surface area contributed by atoms with E-state index in [0.717, 1.165) is 23.2 Å². The van der Waals surface area contributed by atoms with Crippen LogP contribution < -0.4 is 10.1 Å². The number of fused-ring (bicyclic) bond motifs is 1. The molecular weight excluding hydrogens is 302 g/mol. The van der Waals surface area contributed by atoms with Gasteiger partial charge in [0.05, 0.1) is 12.6 Å². The van der Waals surface area contributed by atoms with Crippen LogP contribution in [0.5, 0.6) is 5.75 Å². The molecule has 0 aromatic heterocycles. The summed E-state index contributed by atoms with van der Waals surface area (Å²) in [5, 5.41) is 3.39. The third-order valence-corrected chi connectivity index (χ3v) is 4.02. The zero-order valence-electron chi connectivity index (χ0n) is 10.8. The van der Waals surface area contributed by atoms with Gasteiger partial charge in [-0.15, -0.1) is 0 Å². The van der Waals surface area contributed by atoms with E-state index in [1.165, 1.54) is 16.7 Å². The second-order valence-electron chi connectivity index (χ2n) is 4.71. The van der Waals surface area contributed by atoms with Gasteiger partial charge in [0.1, 0.15) is 5.75 Å². The lowest BCUT2D eigenvalue weighted by atomic mass is 9.96. The number of rotatable bonds is 3. The lowest BCUT2D eigenvalue weighted by Gasteiger charge is -2.20. The zero-order chi connectivity index (χ0) is 13.2. The highest BCUT2D eigenvalue weighted by Gasteiger charge is 2.22. The Balaban J connectivity index is 2.06. The molecule has 1 aliphatic rings. The van der Waals surface area contributed by atoms with Crippen molar-refractivity contribution in [2.24, 2.45) is 0 Å². The largest absolute Gasteiger partial charge is 0.493 e. The third kappa shape index (κ3) is 2.40. The standard InChI is InChI=1S/C16H16BrNO/c1-18-15(12-5-2-6-13(17)10-12)14-7-3-4-11-8-9-19-16(11)14/h2-7,10,15,18H,8-9H2,1H3. The number of hydrogen-bond donors (Lipinski definition) is 1. The molecule has 0 saturated heterocycles. The average Bonchev–Trinajstić information content (AvgIpc) is 2.89. The number of hydrogen-bond acceptors (Lipinski definition) is 2. The Bertz CT molecular complexity index is 597. The number of nitrogens with one attached hydrogen (secondary N) is 1. The zero-order valence-corrected chi connectivity index (χ0v) is 12.4. The Kier molecular flexibility index (Phi) is 3.58. The first-order chi connectivity index (χ1) is 9.29. The van der Waals surface area contributed by atoms with Crippen molar-refractivity contribution in [1.29, 1.82) is 0 Å². The van der Waals surface area contributed by atoms with Crippen LogP contribution in [-0.4, -0.2) is 13.7 Å². The highest BCUT2D eigenvalue weighted by molar-refractivity contribution is 9.10. The fourth-order valence-corrected chi connectivity index (χ4v) is 3.07. The molecule has 2 nitrogen and oxygen atoms in total. The lowest BCUT2D eigenvalue weighted by molar-refractivity contribution is 0.351. The first-order valence-electron chi connectivity index (χ1n) is 6.47. The summed E-state index contributed by atoms with van der Waals surface area (Å²) in [7, 11) is 1.99. The highest BCUT2D eigenvalue weighted by Crippen LogP contribution is 2.36. The van der Waals surface area contributed by atoms with Crippen LogP contribution in [0.2, 0.25) is 0 Å². The van der Waals surface area contributed by atoms with Gasteiger partial charge in [0.2, 0.25) is 0 Å². The molecule has 1 N–H and O–H groups in total. The molecule has 0 saturated carbocycles. The summed E-state index contributed by atoms with van der Waals surface area (Å²) in [5.41, 5.74) is 3.77. The quantitative estimate of drug-likeness (QED) is 0.932. The van der Waals surface area contributed by atoms with Crippen molar-refractivity contribution in [3.63, 3.8) is 0 Å². The van der Waals surface area contributed by atoms with Gasteiger partial charge in [-0.25, -0.2) is 0 Å². The van der Waals surface area contributed by atoms with Gasteiger partial charge in [-0.2, -0.15) is 0 Å². The van der Waals surface area contributed by atoms with Crippen molar-refractivity contribution < 1.29 is 4.74 Å². The molecule has 2 aromatic rings. The number of halogens is 1. The third-order valence-electron chi connectivity index (χ3n) is 3.53. The van der Waals surface area contributed by atoms with Crippen LogP contribution in [0.3, 0.4) is 0 Å². The molecule has 2 aromatic carbocycles. The van der Waals surface area contributed by atoms with Crippen LogP contribution in [0, 0.1) is 0 Å². The van der Waals surface area contributed by atoms with E-state index in [0.29, 0.717) is 0 Å². The molecule has 3 rings (SSSR count). The van der Waals surface area contributed by atoms with Gasteiger partial charge >= 0.3 is 0 Å².